The molecule has 0 aliphatic rings. The lowest BCUT2D eigenvalue weighted by Gasteiger charge is -2.20. The molecule has 1 aromatic heterocycles. The van der Waals surface area contributed by atoms with E-state index in [0.717, 1.165) is 8.99 Å². The molecule has 1 amide bonds. The number of carbonyl (C=O) groups excluding carboxylic acids is 1. The Hall–Kier alpha value is -1.00. The summed E-state index contributed by atoms with van der Waals surface area (Å²) in [6, 6.07) is 0. The molecule has 8 nitrogen and oxygen atoms in total. The molecule has 0 atom stereocenters. The molecule has 0 saturated heterocycles. The number of hydrogen-bond acceptors (Lipinski definition) is 5. The molecule has 1 heterocycles. The summed E-state index contributed by atoms with van der Waals surface area (Å²) >= 11 is 3.05. The molecule has 108 valence electrons. The van der Waals surface area contributed by atoms with Crippen molar-refractivity contribution >= 4 is 31.9 Å². The third-order valence-electron chi connectivity index (χ3n) is 2.39. The van der Waals surface area contributed by atoms with E-state index in [4.69, 9.17) is 0 Å². The number of halogens is 1. The van der Waals surface area contributed by atoms with Crippen molar-refractivity contribution in [1.82, 2.24) is 24.6 Å². The molecule has 19 heavy (non-hydrogen) atoms. The average molecular weight is 354 g/mol. The van der Waals surface area contributed by atoms with Gasteiger partial charge in [-0.1, -0.05) is 12.1 Å². The van der Waals surface area contributed by atoms with Crippen LogP contribution in [-0.4, -0.2) is 53.8 Å². The zero-order valence-electron chi connectivity index (χ0n) is 10.9. The molecule has 0 spiro atoms. The highest BCUT2D eigenvalue weighted by atomic mass is 79.9. The molecule has 0 saturated carbocycles. The lowest BCUT2D eigenvalue weighted by Crippen LogP contribution is -2.40. The van der Waals surface area contributed by atoms with Gasteiger partial charge in [-0.15, -0.1) is 5.10 Å². The standard InChI is InChI=1S/C9H16BrN5O3S/c1-4-5-15(6-7(16)11-2)19(17,18)9-8(10)12-13-14(9)3/h4-6H2,1-3H3,(H,11,16). The maximum atomic E-state index is 12.5. The van der Waals surface area contributed by atoms with Crippen LogP contribution in [0.3, 0.4) is 0 Å². The van der Waals surface area contributed by atoms with Crippen molar-refractivity contribution < 1.29 is 13.2 Å². The van der Waals surface area contributed by atoms with Crippen LogP contribution >= 0.6 is 15.9 Å². The lowest BCUT2D eigenvalue weighted by atomic mass is 10.4. The van der Waals surface area contributed by atoms with Gasteiger partial charge in [-0.25, -0.2) is 13.1 Å². The molecule has 1 N–H and O–H groups in total. The summed E-state index contributed by atoms with van der Waals surface area (Å²) in [6.07, 6.45) is 0.596. The zero-order valence-corrected chi connectivity index (χ0v) is 13.3. The highest BCUT2D eigenvalue weighted by molar-refractivity contribution is 9.10. The number of aryl methyl sites for hydroxylation is 1. The van der Waals surface area contributed by atoms with Crippen LogP contribution in [0.5, 0.6) is 0 Å². The largest absolute Gasteiger partial charge is 0.358 e. The summed E-state index contributed by atoms with van der Waals surface area (Å²) in [6.45, 7) is 1.85. The van der Waals surface area contributed by atoms with E-state index < -0.39 is 10.0 Å². The van der Waals surface area contributed by atoms with Crippen molar-refractivity contribution in [3.8, 4) is 0 Å². The van der Waals surface area contributed by atoms with Gasteiger partial charge in [0, 0.05) is 20.6 Å². The van der Waals surface area contributed by atoms with Gasteiger partial charge in [-0.05, 0) is 22.4 Å². The molecule has 0 bridgehead atoms. The van der Waals surface area contributed by atoms with Gasteiger partial charge in [0.25, 0.3) is 10.0 Å². The Morgan fingerprint density at radius 2 is 2.16 bits per heavy atom. The first kappa shape index (κ1) is 16.1. The van der Waals surface area contributed by atoms with Crippen LogP contribution < -0.4 is 5.32 Å². The molecule has 10 heteroatoms. The number of sulfonamides is 1. The van der Waals surface area contributed by atoms with Crippen molar-refractivity contribution in [3.63, 3.8) is 0 Å². The normalized spacial score (nSPS) is 11.8. The third-order valence-corrected chi connectivity index (χ3v) is 5.13. The van der Waals surface area contributed by atoms with Crippen LogP contribution in [0.25, 0.3) is 0 Å². The number of carbonyl (C=O) groups is 1. The Balaban J connectivity index is 3.17. The van der Waals surface area contributed by atoms with Gasteiger partial charge in [0.1, 0.15) is 0 Å². The van der Waals surface area contributed by atoms with E-state index >= 15 is 0 Å². The van der Waals surface area contributed by atoms with Crippen molar-refractivity contribution in [2.45, 2.75) is 18.4 Å². The molecule has 0 radical (unpaired) electrons. The Kier molecular flexibility index (Phi) is 5.44. The minimum absolute atomic E-state index is 0.0650. The molecular formula is C9H16BrN5O3S. The van der Waals surface area contributed by atoms with Gasteiger partial charge in [0.15, 0.2) is 4.60 Å². The predicted octanol–water partition coefficient (Wildman–Crippen LogP) is -0.276. The molecular weight excluding hydrogens is 338 g/mol. The fraction of sp³-hybridized carbons (Fsp3) is 0.667. The number of amides is 1. The van der Waals surface area contributed by atoms with Gasteiger partial charge in [0.2, 0.25) is 10.9 Å². The first-order valence-corrected chi connectivity index (χ1v) is 7.83. The third kappa shape index (κ3) is 3.51. The van der Waals surface area contributed by atoms with Crippen LogP contribution in [0.2, 0.25) is 0 Å². The molecule has 1 aromatic rings. The van der Waals surface area contributed by atoms with Crippen molar-refractivity contribution in [2.24, 2.45) is 7.05 Å². The quantitative estimate of drug-likeness (QED) is 0.758. The van der Waals surface area contributed by atoms with E-state index in [1.54, 1.807) is 0 Å². The first-order valence-electron chi connectivity index (χ1n) is 5.60. The van der Waals surface area contributed by atoms with Crippen LogP contribution in [-0.2, 0) is 21.9 Å². The molecule has 0 aliphatic heterocycles. The average Bonchev–Trinajstić information content (AvgIpc) is 2.68. The molecule has 0 aromatic carbocycles. The predicted molar refractivity (Wildman–Crippen MR) is 71.8 cm³/mol. The highest BCUT2D eigenvalue weighted by Crippen LogP contribution is 2.22. The number of likely N-dealkylation sites (N-methyl/N-ethyl adjacent to an activating group) is 1. The summed E-state index contributed by atoms with van der Waals surface area (Å²) in [4.78, 5) is 11.4. The Labute approximate surface area is 120 Å². The Bertz CT molecular complexity index is 537. The SMILES string of the molecule is CCCN(CC(=O)NC)S(=O)(=O)c1c(Br)nnn1C. The van der Waals surface area contributed by atoms with Crippen LogP contribution in [0.1, 0.15) is 13.3 Å². The van der Waals surface area contributed by atoms with Crippen molar-refractivity contribution in [2.75, 3.05) is 20.1 Å². The van der Waals surface area contributed by atoms with Crippen molar-refractivity contribution in [1.29, 1.82) is 0 Å². The summed E-state index contributed by atoms with van der Waals surface area (Å²) in [5, 5.41) is 9.63. The van der Waals surface area contributed by atoms with Gasteiger partial charge in [-0.2, -0.15) is 4.31 Å². The first-order chi connectivity index (χ1) is 8.84. The monoisotopic (exact) mass is 353 g/mol. The molecule has 0 aliphatic carbocycles. The number of rotatable bonds is 6. The Morgan fingerprint density at radius 1 is 1.53 bits per heavy atom. The number of nitrogens with one attached hydrogen (secondary N) is 1. The van der Waals surface area contributed by atoms with Gasteiger partial charge >= 0.3 is 0 Å². The topological polar surface area (TPSA) is 97.2 Å². The highest BCUT2D eigenvalue weighted by Gasteiger charge is 2.31. The fourth-order valence-electron chi connectivity index (χ4n) is 1.49. The summed E-state index contributed by atoms with van der Waals surface area (Å²) in [7, 11) is -0.883. The fourth-order valence-corrected chi connectivity index (χ4v) is 4.01. The number of nitrogens with zero attached hydrogens (tertiary/aromatic N) is 4. The zero-order chi connectivity index (χ0) is 14.6. The van der Waals surface area contributed by atoms with E-state index in [9.17, 15) is 13.2 Å². The minimum atomic E-state index is -3.82. The molecule has 0 fully saturated rings. The van der Waals surface area contributed by atoms with Crippen LogP contribution in [0.4, 0.5) is 0 Å². The second-order valence-corrected chi connectivity index (χ2v) is 6.43. The second kappa shape index (κ2) is 6.44. The van der Waals surface area contributed by atoms with Crippen molar-refractivity contribution in [3.05, 3.63) is 4.60 Å². The summed E-state index contributed by atoms with van der Waals surface area (Å²) in [5.74, 6) is -0.372. The van der Waals surface area contributed by atoms with E-state index in [0.29, 0.717) is 6.42 Å². The lowest BCUT2D eigenvalue weighted by molar-refractivity contribution is -0.120. The van der Waals surface area contributed by atoms with Gasteiger partial charge in [-0.3, -0.25) is 4.79 Å². The minimum Gasteiger partial charge on any atom is -0.358 e. The van der Waals surface area contributed by atoms with E-state index in [-0.39, 0.29) is 28.6 Å². The summed E-state index contributed by atoms with van der Waals surface area (Å²) < 4.78 is 27.4. The van der Waals surface area contributed by atoms with E-state index in [1.165, 1.54) is 14.1 Å². The van der Waals surface area contributed by atoms with E-state index in [2.05, 4.69) is 31.6 Å². The summed E-state index contributed by atoms with van der Waals surface area (Å²) in [5.41, 5.74) is 0. The molecule has 0 unspecified atom stereocenters. The Morgan fingerprint density at radius 3 is 2.58 bits per heavy atom. The smallest absolute Gasteiger partial charge is 0.263 e. The maximum absolute atomic E-state index is 12.5. The van der Waals surface area contributed by atoms with Crippen LogP contribution in [0.15, 0.2) is 9.63 Å². The maximum Gasteiger partial charge on any atom is 0.263 e. The van der Waals surface area contributed by atoms with E-state index in [1.807, 2.05) is 6.92 Å². The molecule has 1 rings (SSSR count). The van der Waals surface area contributed by atoms with Gasteiger partial charge in [0.05, 0.1) is 6.54 Å². The number of aromatic nitrogens is 3. The van der Waals surface area contributed by atoms with Gasteiger partial charge < -0.3 is 5.32 Å². The second-order valence-electron chi connectivity index (χ2n) is 3.82. The van der Waals surface area contributed by atoms with Crippen LogP contribution in [0, 0.1) is 0 Å². The number of hydrogen-bond donors (Lipinski definition) is 1.